The van der Waals surface area contributed by atoms with Crippen LogP contribution in [0.2, 0.25) is 0 Å². The maximum absolute atomic E-state index is 13.1. The molecule has 1 amide bonds. The largest absolute Gasteiger partial charge is 0.396 e. The molecule has 21 heavy (non-hydrogen) atoms. The molecule has 116 valence electrons. The van der Waals surface area contributed by atoms with Crippen molar-refractivity contribution in [2.45, 2.75) is 51.0 Å². The number of rotatable bonds is 5. The fourth-order valence-electron chi connectivity index (χ4n) is 3.04. The molecule has 1 aromatic rings. The highest BCUT2D eigenvalue weighted by Gasteiger charge is 2.43. The highest BCUT2D eigenvalue weighted by Crippen LogP contribution is 2.41. The quantitative estimate of drug-likeness (QED) is 0.877. The van der Waals surface area contributed by atoms with E-state index in [2.05, 4.69) is 5.32 Å². The average Bonchev–Trinajstić information content (AvgIpc) is 2.97. The number of hydrogen-bond donors (Lipinski definition) is 2. The van der Waals surface area contributed by atoms with Crippen LogP contribution in [0.25, 0.3) is 0 Å². The summed E-state index contributed by atoms with van der Waals surface area (Å²) in [6, 6.07) is 6.20. The number of carbonyl (C=O) groups is 1. The van der Waals surface area contributed by atoms with E-state index in [1.54, 1.807) is 12.1 Å². The van der Waals surface area contributed by atoms with Crippen LogP contribution in [0.4, 0.5) is 4.39 Å². The first-order valence-corrected chi connectivity index (χ1v) is 7.67. The van der Waals surface area contributed by atoms with Gasteiger partial charge in [0, 0.05) is 12.6 Å². The third-order valence-electron chi connectivity index (χ3n) is 4.79. The SMILES string of the molecule is CC(CO)C(C)NC(=O)C1(c2ccc(F)cc2)CCCC1. The fraction of sp³-hybridized carbons (Fsp3) is 0.588. The molecule has 0 radical (unpaired) electrons. The van der Waals surface area contributed by atoms with Crippen LogP contribution in [0.1, 0.15) is 45.1 Å². The first-order chi connectivity index (χ1) is 9.99. The van der Waals surface area contributed by atoms with E-state index in [-0.39, 0.29) is 30.3 Å². The van der Waals surface area contributed by atoms with Crippen molar-refractivity contribution in [2.75, 3.05) is 6.61 Å². The zero-order valence-corrected chi connectivity index (χ0v) is 12.7. The van der Waals surface area contributed by atoms with Gasteiger partial charge < -0.3 is 10.4 Å². The summed E-state index contributed by atoms with van der Waals surface area (Å²) in [4.78, 5) is 12.8. The molecule has 0 heterocycles. The lowest BCUT2D eigenvalue weighted by molar-refractivity contribution is -0.127. The molecule has 2 N–H and O–H groups in total. The van der Waals surface area contributed by atoms with Gasteiger partial charge in [-0.1, -0.05) is 31.9 Å². The van der Waals surface area contributed by atoms with E-state index in [4.69, 9.17) is 0 Å². The van der Waals surface area contributed by atoms with Crippen LogP contribution >= 0.6 is 0 Å². The van der Waals surface area contributed by atoms with Crippen molar-refractivity contribution in [1.82, 2.24) is 5.32 Å². The van der Waals surface area contributed by atoms with Gasteiger partial charge in [-0.15, -0.1) is 0 Å². The lowest BCUT2D eigenvalue weighted by atomic mass is 9.77. The van der Waals surface area contributed by atoms with E-state index < -0.39 is 5.41 Å². The second-order valence-corrected chi connectivity index (χ2v) is 6.22. The van der Waals surface area contributed by atoms with Crippen molar-refractivity contribution in [3.8, 4) is 0 Å². The molecule has 0 aromatic heterocycles. The van der Waals surface area contributed by atoms with E-state index in [1.165, 1.54) is 12.1 Å². The second kappa shape index (κ2) is 6.56. The molecule has 1 aliphatic carbocycles. The summed E-state index contributed by atoms with van der Waals surface area (Å²) >= 11 is 0. The van der Waals surface area contributed by atoms with Gasteiger partial charge in [0.25, 0.3) is 0 Å². The summed E-state index contributed by atoms with van der Waals surface area (Å²) in [7, 11) is 0. The van der Waals surface area contributed by atoms with Gasteiger partial charge >= 0.3 is 0 Å². The summed E-state index contributed by atoms with van der Waals surface area (Å²) in [5.74, 6) is -0.269. The zero-order chi connectivity index (χ0) is 15.5. The maximum atomic E-state index is 13.1. The monoisotopic (exact) mass is 293 g/mol. The van der Waals surface area contributed by atoms with Crippen molar-refractivity contribution in [3.05, 3.63) is 35.6 Å². The third kappa shape index (κ3) is 3.26. The summed E-state index contributed by atoms with van der Waals surface area (Å²) in [6.07, 6.45) is 3.61. The second-order valence-electron chi connectivity index (χ2n) is 6.22. The van der Waals surface area contributed by atoms with Gasteiger partial charge in [-0.2, -0.15) is 0 Å². The average molecular weight is 293 g/mol. The summed E-state index contributed by atoms with van der Waals surface area (Å²) in [5, 5.41) is 12.2. The minimum absolute atomic E-state index is 0.000548. The molecule has 0 aliphatic heterocycles. The van der Waals surface area contributed by atoms with E-state index >= 15 is 0 Å². The highest BCUT2D eigenvalue weighted by atomic mass is 19.1. The Morgan fingerprint density at radius 3 is 2.38 bits per heavy atom. The smallest absolute Gasteiger partial charge is 0.230 e. The molecule has 0 saturated heterocycles. The Morgan fingerprint density at radius 2 is 1.86 bits per heavy atom. The topological polar surface area (TPSA) is 49.3 Å². The lowest BCUT2D eigenvalue weighted by Crippen LogP contribution is -2.48. The van der Waals surface area contributed by atoms with Gasteiger partial charge in [0.2, 0.25) is 5.91 Å². The maximum Gasteiger partial charge on any atom is 0.230 e. The molecule has 1 saturated carbocycles. The Labute approximate surface area is 125 Å². The Morgan fingerprint density at radius 1 is 1.29 bits per heavy atom. The van der Waals surface area contributed by atoms with Crippen molar-refractivity contribution in [3.63, 3.8) is 0 Å². The van der Waals surface area contributed by atoms with Gasteiger partial charge in [0.1, 0.15) is 5.82 Å². The van der Waals surface area contributed by atoms with E-state index in [1.807, 2.05) is 13.8 Å². The van der Waals surface area contributed by atoms with E-state index in [0.29, 0.717) is 0 Å². The standard InChI is InChI=1S/C17H24FNO2/c1-12(11-20)13(2)19-16(21)17(9-3-4-10-17)14-5-7-15(18)8-6-14/h5-8,12-13,20H,3-4,9-11H2,1-2H3,(H,19,21). The van der Waals surface area contributed by atoms with Gasteiger partial charge in [-0.25, -0.2) is 4.39 Å². The Hall–Kier alpha value is -1.42. The molecule has 3 nitrogen and oxygen atoms in total. The van der Waals surface area contributed by atoms with Crippen LogP contribution < -0.4 is 5.32 Å². The fourth-order valence-corrected chi connectivity index (χ4v) is 3.04. The van der Waals surface area contributed by atoms with Gasteiger partial charge in [-0.05, 0) is 43.4 Å². The number of amides is 1. The molecule has 2 unspecified atom stereocenters. The molecule has 2 atom stereocenters. The predicted octanol–water partition coefficient (Wildman–Crippen LogP) is 2.77. The summed E-state index contributed by atoms with van der Waals surface area (Å²) in [6.45, 7) is 3.86. The third-order valence-corrected chi connectivity index (χ3v) is 4.79. The van der Waals surface area contributed by atoms with Crippen LogP contribution in [0.15, 0.2) is 24.3 Å². The van der Waals surface area contributed by atoms with Crippen molar-refractivity contribution in [2.24, 2.45) is 5.92 Å². The molecular weight excluding hydrogens is 269 g/mol. The zero-order valence-electron chi connectivity index (χ0n) is 12.7. The molecule has 1 aliphatic rings. The minimum Gasteiger partial charge on any atom is -0.396 e. The number of nitrogens with one attached hydrogen (secondary N) is 1. The number of aliphatic hydroxyl groups excluding tert-OH is 1. The minimum atomic E-state index is -0.545. The van der Waals surface area contributed by atoms with Crippen LogP contribution in [0.3, 0.4) is 0 Å². The molecular formula is C17H24FNO2. The predicted molar refractivity (Wildman–Crippen MR) is 80.4 cm³/mol. The summed E-state index contributed by atoms with van der Waals surface area (Å²) in [5.41, 5.74) is 0.347. The molecule has 1 aromatic carbocycles. The van der Waals surface area contributed by atoms with Crippen LogP contribution in [0, 0.1) is 11.7 Å². The Balaban J connectivity index is 2.22. The number of hydrogen-bond acceptors (Lipinski definition) is 2. The molecule has 2 rings (SSSR count). The normalized spacial score (nSPS) is 20.0. The molecule has 4 heteroatoms. The molecule has 0 bridgehead atoms. The number of carbonyl (C=O) groups excluding carboxylic acids is 1. The number of aliphatic hydroxyl groups is 1. The molecule has 0 spiro atoms. The van der Waals surface area contributed by atoms with Crippen LogP contribution in [-0.4, -0.2) is 23.7 Å². The van der Waals surface area contributed by atoms with Crippen LogP contribution in [-0.2, 0) is 10.2 Å². The van der Waals surface area contributed by atoms with Gasteiger partial charge in [-0.3, -0.25) is 4.79 Å². The first-order valence-electron chi connectivity index (χ1n) is 7.67. The number of halogens is 1. The van der Waals surface area contributed by atoms with Gasteiger partial charge in [0.15, 0.2) is 0 Å². The summed E-state index contributed by atoms with van der Waals surface area (Å²) < 4.78 is 13.1. The van der Waals surface area contributed by atoms with Gasteiger partial charge in [0.05, 0.1) is 5.41 Å². The Kier molecular flexibility index (Phi) is 4.99. The Bertz CT molecular complexity index is 480. The molecule has 1 fully saturated rings. The lowest BCUT2D eigenvalue weighted by Gasteiger charge is -2.31. The van der Waals surface area contributed by atoms with Crippen LogP contribution in [0.5, 0.6) is 0 Å². The van der Waals surface area contributed by atoms with Crippen molar-refractivity contribution < 1.29 is 14.3 Å². The highest BCUT2D eigenvalue weighted by molar-refractivity contribution is 5.88. The van der Waals surface area contributed by atoms with E-state index in [0.717, 1.165) is 31.2 Å². The van der Waals surface area contributed by atoms with E-state index in [9.17, 15) is 14.3 Å². The van der Waals surface area contributed by atoms with Crippen molar-refractivity contribution >= 4 is 5.91 Å². The number of benzene rings is 1. The first kappa shape index (κ1) is 16.0. The van der Waals surface area contributed by atoms with Crippen molar-refractivity contribution in [1.29, 1.82) is 0 Å².